The van der Waals surface area contributed by atoms with Crippen LogP contribution in [0.15, 0.2) is 30.3 Å². The molecule has 5 heteroatoms. The van der Waals surface area contributed by atoms with Crippen molar-refractivity contribution >= 4 is 11.8 Å². The highest BCUT2D eigenvalue weighted by molar-refractivity contribution is 5.89. The standard InChI is InChI=1S/C20H27N3O2/c1-5-6-12-25-18-14(2)15(3)19(22-16(18)4)23-20(24)21-13-17-10-8-7-9-11-17/h7-11H,5-6,12-13H2,1-4H3,(H2,21,22,23,24). The van der Waals surface area contributed by atoms with Gasteiger partial charge in [-0.05, 0) is 43.9 Å². The predicted octanol–water partition coefficient (Wildman–Crippen LogP) is 4.51. The summed E-state index contributed by atoms with van der Waals surface area (Å²) in [5, 5.41) is 5.69. The number of pyridine rings is 1. The Labute approximate surface area is 149 Å². The number of anilines is 1. The lowest BCUT2D eigenvalue weighted by molar-refractivity contribution is 0.251. The molecule has 0 aliphatic rings. The average molecular weight is 341 g/mol. The molecule has 1 aromatic heterocycles. The minimum atomic E-state index is -0.266. The summed E-state index contributed by atoms with van der Waals surface area (Å²) in [6.07, 6.45) is 2.10. The highest BCUT2D eigenvalue weighted by Crippen LogP contribution is 2.29. The van der Waals surface area contributed by atoms with Crippen molar-refractivity contribution in [2.75, 3.05) is 11.9 Å². The summed E-state index contributed by atoms with van der Waals surface area (Å²) in [7, 11) is 0. The first-order chi connectivity index (χ1) is 12.0. The second kappa shape index (κ2) is 9.06. The van der Waals surface area contributed by atoms with Crippen LogP contribution in [0.4, 0.5) is 10.6 Å². The van der Waals surface area contributed by atoms with E-state index >= 15 is 0 Å². The van der Waals surface area contributed by atoms with Crippen LogP contribution < -0.4 is 15.4 Å². The van der Waals surface area contributed by atoms with Gasteiger partial charge in [0.25, 0.3) is 0 Å². The van der Waals surface area contributed by atoms with Gasteiger partial charge in [0, 0.05) is 6.54 Å². The van der Waals surface area contributed by atoms with Crippen molar-refractivity contribution in [2.24, 2.45) is 0 Å². The van der Waals surface area contributed by atoms with E-state index in [1.807, 2.05) is 51.1 Å². The number of aryl methyl sites for hydroxylation is 1. The molecular formula is C20H27N3O2. The van der Waals surface area contributed by atoms with E-state index in [2.05, 4.69) is 22.5 Å². The van der Waals surface area contributed by atoms with Crippen molar-refractivity contribution in [3.05, 3.63) is 52.7 Å². The molecule has 0 aliphatic carbocycles. The van der Waals surface area contributed by atoms with Gasteiger partial charge in [0.15, 0.2) is 0 Å². The molecule has 0 bridgehead atoms. The smallest absolute Gasteiger partial charge is 0.320 e. The Morgan fingerprint density at radius 2 is 1.84 bits per heavy atom. The van der Waals surface area contributed by atoms with Gasteiger partial charge < -0.3 is 10.1 Å². The van der Waals surface area contributed by atoms with E-state index in [0.29, 0.717) is 19.0 Å². The van der Waals surface area contributed by atoms with E-state index in [9.17, 15) is 4.79 Å². The van der Waals surface area contributed by atoms with E-state index in [1.165, 1.54) is 0 Å². The molecule has 25 heavy (non-hydrogen) atoms. The zero-order valence-electron chi connectivity index (χ0n) is 15.5. The molecule has 1 aromatic carbocycles. The molecule has 0 spiro atoms. The van der Waals surface area contributed by atoms with Gasteiger partial charge in [-0.3, -0.25) is 5.32 Å². The zero-order chi connectivity index (χ0) is 18.2. The molecule has 0 saturated carbocycles. The summed E-state index contributed by atoms with van der Waals surface area (Å²) < 4.78 is 5.86. The van der Waals surface area contributed by atoms with Crippen molar-refractivity contribution in [3.8, 4) is 5.75 Å². The Bertz CT molecular complexity index is 715. The molecule has 0 aliphatic heterocycles. The summed E-state index contributed by atoms with van der Waals surface area (Å²) >= 11 is 0. The van der Waals surface area contributed by atoms with Crippen molar-refractivity contribution < 1.29 is 9.53 Å². The molecule has 2 rings (SSSR count). The van der Waals surface area contributed by atoms with E-state index in [0.717, 1.165) is 41.0 Å². The lowest BCUT2D eigenvalue weighted by atomic mass is 10.1. The number of rotatable bonds is 7. The number of urea groups is 1. The second-order valence-electron chi connectivity index (χ2n) is 6.12. The number of benzene rings is 1. The molecule has 2 N–H and O–H groups in total. The molecular weight excluding hydrogens is 314 g/mol. The van der Waals surface area contributed by atoms with Crippen molar-refractivity contribution in [1.82, 2.24) is 10.3 Å². The number of hydrogen-bond donors (Lipinski definition) is 2. The third-order valence-corrected chi connectivity index (χ3v) is 4.14. The molecule has 0 unspecified atom stereocenters. The second-order valence-corrected chi connectivity index (χ2v) is 6.12. The van der Waals surface area contributed by atoms with Gasteiger partial charge >= 0.3 is 6.03 Å². The van der Waals surface area contributed by atoms with Gasteiger partial charge in [-0.25, -0.2) is 9.78 Å². The summed E-state index contributed by atoms with van der Waals surface area (Å²) in [5.74, 6) is 1.39. The fourth-order valence-electron chi connectivity index (χ4n) is 2.50. The number of carbonyl (C=O) groups is 1. The predicted molar refractivity (Wildman–Crippen MR) is 101 cm³/mol. The number of ether oxygens (including phenoxy) is 1. The van der Waals surface area contributed by atoms with Crippen LogP contribution in [0.2, 0.25) is 0 Å². The highest BCUT2D eigenvalue weighted by Gasteiger charge is 2.14. The summed E-state index contributed by atoms with van der Waals surface area (Å²) in [6.45, 7) is 9.14. The highest BCUT2D eigenvalue weighted by atomic mass is 16.5. The number of nitrogens with one attached hydrogen (secondary N) is 2. The number of aromatic nitrogens is 1. The zero-order valence-corrected chi connectivity index (χ0v) is 15.5. The first kappa shape index (κ1) is 18.8. The molecule has 0 fully saturated rings. The monoisotopic (exact) mass is 341 g/mol. The van der Waals surface area contributed by atoms with Gasteiger partial charge in [0.1, 0.15) is 11.6 Å². The minimum absolute atomic E-state index is 0.266. The van der Waals surface area contributed by atoms with E-state index < -0.39 is 0 Å². The first-order valence-electron chi connectivity index (χ1n) is 8.72. The van der Waals surface area contributed by atoms with Crippen molar-refractivity contribution in [2.45, 2.75) is 47.1 Å². The van der Waals surface area contributed by atoms with Gasteiger partial charge in [0.2, 0.25) is 0 Å². The van der Waals surface area contributed by atoms with Crippen LogP contribution in [0.25, 0.3) is 0 Å². The Hall–Kier alpha value is -2.56. The Morgan fingerprint density at radius 3 is 2.52 bits per heavy atom. The van der Waals surface area contributed by atoms with Gasteiger partial charge in [0.05, 0.1) is 12.3 Å². The number of hydrogen-bond acceptors (Lipinski definition) is 3. The Balaban J connectivity index is 2.02. The maximum Gasteiger partial charge on any atom is 0.320 e. The van der Waals surface area contributed by atoms with Crippen LogP contribution in [0.1, 0.15) is 42.1 Å². The average Bonchev–Trinajstić information content (AvgIpc) is 2.61. The summed E-state index contributed by atoms with van der Waals surface area (Å²) in [4.78, 5) is 16.7. The Morgan fingerprint density at radius 1 is 1.12 bits per heavy atom. The lowest BCUT2D eigenvalue weighted by Crippen LogP contribution is -2.29. The topological polar surface area (TPSA) is 63.2 Å². The van der Waals surface area contributed by atoms with Gasteiger partial charge in [-0.2, -0.15) is 0 Å². The normalized spacial score (nSPS) is 10.4. The van der Waals surface area contributed by atoms with Gasteiger partial charge in [-0.1, -0.05) is 43.7 Å². The fourth-order valence-corrected chi connectivity index (χ4v) is 2.50. The van der Waals surface area contributed by atoms with Crippen LogP contribution in [-0.4, -0.2) is 17.6 Å². The fraction of sp³-hybridized carbons (Fsp3) is 0.400. The largest absolute Gasteiger partial charge is 0.491 e. The molecule has 0 saturated heterocycles. The molecule has 0 radical (unpaired) electrons. The maximum absolute atomic E-state index is 12.2. The molecule has 1 heterocycles. The van der Waals surface area contributed by atoms with Crippen LogP contribution in [0.3, 0.4) is 0 Å². The molecule has 2 amide bonds. The Kier molecular flexibility index (Phi) is 6.81. The molecule has 0 atom stereocenters. The third kappa shape index (κ3) is 5.21. The quantitative estimate of drug-likeness (QED) is 0.729. The SMILES string of the molecule is CCCCOc1c(C)nc(NC(=O)NCc2ccccc2)c(C)c1C. The van der Waals surface area contributed by atoms with Crippen LogP contribution in [0, 0.1) is 20.8 Å². The molecule has 5 nitrogen and oxygen atoms in total. The van der Waals surface area contributed by atoms with E-state index in [-0.39, 0.29) is 6.03 Å². The summed E-state index contributed by atoms with van der Waals surface area (Å²) in [6, 6.07) is 9.53. The number of amides is 2. The van der Waals surface area contributed by atoms with E-state index in [1.54, 1.807) is 0 Å². The van der Waals surface area contributed by atoms with Crippen molar-refractivity contribution in [3.63, 3.8) is 0 Å². The minimum Gasteiger partial charge on any atom is -0.491 e. The molecule has 134 valence electrons. The number of unbranched alkanes of at least 4 members (excludes halogenated alkanes) is 1. The van der Waals surface area contributed by atoms with Crippen molar-refractivity contribution in [1.29, 1.82) is 0 Å². The lowest BCUT2D eigenvalue weighted by Gasteiger charge is -2.17. The number of nitrogens with zero attached hydrogens (tertiary/aromatic N) is 1. The summed E-state index contributed by atoms with van der Waals surface area (Å²) in [5.41, 5.74) is 3.78. The van der Waals surface area contributed by atoms with Crippen LogP contribution in [0.5, 0.6) is 5.75 Å². The van der Waals surface area contributed by atoms with Crippen LogP contribution in [-0.2, 0) is 6.54 Å². The maximum atomic E-state index is 12.2. The van der Waals surface area contributed by atoms with Crippen LogP contribution >= 0.6 is 0 Å². The first-order valence-corrected chi connectivity index (χ1v) is 8.72. The number of carbonyl (C=O) groups excluding carboxylic acids is 1. The molecule has 2 aromatic rings. The van der Waals surface area contributed by atoms with E-state index in [4.69, 9.17) is 4.74 Å². The third-order valence-electron chi connectivity index (χ3n) is 4.14. The van der Waals surface area contributed by atoms with Gasteiger partial charge in [-0.15, -0.1) is 0 Å².